The number of amidine groups is 1. The van der Waals surface area contributed by atoms with E-state index in [1.807, 2.05) is 0 Å². The number of carbonyl (C=O) groups is 1. The van der Waals surface area contributed by atoms with Gasteiger partial charge in [0.2, 0.25) is 12.0 Å². The van der Waals surface area contributed by atoms with Crippen LogP contribution in [0.15, 0.2) is 4.99 Å². The number of carbonyl (C=O) groups excluding carboxylic acids is 1. The van der Waals surface area contributed by atoms with E-state index in [4.69, 9.17) is 10.00 Å². The zero-order valence-corrected chi connectivity index (χ0v) is 7.89. The van der Waals surface area contributed by atoms with Crippen LogP contribution in [-0.4, -0.2) is 50.1 Å². The van der Waals surface area contributed by atoms with Crippen LogP contribution in [0.5, 0.6) is 0 Å². The van der Waals surface area contributed by atoms with Gasteiger partial charge in [0.05, 0.1) is 20.3 Å². The Morgan fingerprint density at radius 3 is 2.71 bits per heavy atom. The summed E-state index contributed by atoms with van der Waals surface area (Å²) in [6, 6.07) is 0. The Kier molecular flexibility index (Phi) is 3.88. The molecule has 1 heterocycles. The molecule has 0 spiro atoms. The molecule has 0 aromatic rings. The third-order valence-corrected chi connectivity index (χ3v) is 1.83. The number of aliphatic imine (C=N–C) groups is 1. The third kappa shape index (κ3) is 2.44. The Hall–Kier alpha value is -1.61. The van der Waals surface area contributed by atoms with Crippen LogP contribution < -0.4 is 0 Å². The zero-order valence-electron chi connectivity index (χ0n) is 7.89. The van der Waals surface area contributed by atoms with E-state index < -0.39 is 5.97 Å². The van der Waals surface area contributed by atoms with Crippen molar-refractivity contribution < 1.29 is 14.3 Å². The summed E-state index contributed by atoms with van der Waals surface area (Å²) in [4.78, 5) is 16.3. The molecule has 0 unspecified atom stereocenters. The highest BCUT2D eigenvalue weighted by atomic mass is 16.5. The molecule has 1 aliphatic rings. The predicted octanol–water partition coefficient (Wildman–Crippen LogP) is -0.629. The van der Waals surface area contributed by atoms with Gasteiger partial charge in [0.1, 0.15) is 0 Å². The number of rotatable bonds is 0. The minimum Gasteiger partial charge on any atom is -0.463 e. The standard InChI is InChI=1S/C8H11N3O3/c1-13-8(12)7(10-6-9)11-2-4-14-5-3-11/h2-5H2,1H3. The van der Waals surface area contributed by atoms with E-state index in [2.05, 4.69) is 9.73 Å². The van der Waals surface area contributed by atoms with Crippen molar-refractivity contribution in [3.05, 3.63) is 0 Å². The van der Waals surface area contributed by atoms with E-state index in [9.17, 15) is 4.79 Å². The van der Waals surface area contributed by atoms with Crippen molar-refractivity contribution in [1.82, 2.24) is 4.90 Å². The van der Waals surface area contributed by atoms with Crippen molar-refractivity contribution in [1.29, 1.82) is 5.26 Å². The summed E-state index contributed by atoms with van der Waals surface area (Å²) in [5, 5.41) is 8.41. The van der Waals surface area contributed by atoms with Gasteiger partial charge >= 0.3 is 5.97 Å². The molecule has 1 saturated heterocycles. The van der Waals surface area contributed by atoms with Crippen LogP contribution in [0.2, 0.25) is 0 Å². The summed E-state index contributed by atoms with van der Waals surface area (Å²) < 4.78 is 9.62. The van der Waals surface area contributed by atoms with Crippen LogP contribution in [0.1, 0.15) is 0 Å². The van der Waals surface area contributed by atoms with E-state index in [1.165, 1.54) is 7.11 Å². The lowest BCUT2D eigenvalue weighted by atomic mass is 10.4. The molecule has 1 rings (SSSR count). The first-order chi connectivity index (χ1) is 6.79. The van der Waals surface area contributed by atoms with E-state index in [1.54, 1.807) is 11.1 Å². The average molecular weight is 197 g/mol. The molecule has 0 bridgehead atoms. The van der Waals surface area contributed by atoms with Gasteiger partial charge < -0.3 is 14.4 Å². The highest BCUT2D eigenvalue weighted by Gasteiger charge is 2.22. The molecular weight excluding hydrogens is 186 g/mol. The van der Waals surface area contributed by atoms with Gasteiger partial charge in [-0.15, -0.1) is 4.99 Å². The minimum atomic E-state index is -0.589. The quantitative estimate of drug-likeness (QED) is 0.224. The lowest BCUT2D eigenvalue weighted by Crippen LogP contribution is -2.44. The number of nitrogens with zero attached hydrogens (tertiary/aromatic N) is 3. The Morgan fingerprint density at radius 1 is 1.57 bits per heavy atom. The minimum absolute atomic E-state index is 0.0540. The van der Waals surface area contributed by atoms with Crippen molar-refractivity contribution in [2.45, 2.75) is 0 Å². The number of ether oxygens (including phenoxy) is 2. The fourth-order valence-corrected chi connectivity index (χ4v) is 1.16. The van der Waals surface area contributed by atoms with Gasteiger partial charge in [-0.2, -0.15) is 5.26 Å². The largest absolute Gasteiger partial charge is 0.463 e. The van der Waals surface area contributed by atoms with E-state index in [0.717, 1.165) is 0 Å². The van der Waals surface area contributed by atoms with Gasteiger partial charge in [0.15, 0.2) is 0 Å². The second-order valence-corrected chi connectivity index (χ2v) is 2.63. The van der Waals surface area contributed by atoms with E-state index in [-0.39, 0.29) is 5.84 Å². The summed E-state index contributed by atoms with van der Waals surface area (Å²) in [7, 11) is 1.26. The van der Waals surface area contributed by atoms with E-state index in [0.29, 0.717) is 26.3 Å². The molecule has 14 heavy (non-hydrogen) atoms. The van der Waals surface area contributed by atoms with Gasteiger partial charge in [0, 0.05) is 13.1 Å². The predicted molar refractivity (Wildman–Crippen MR) is 47.5 cm³/mol. The maximum absolute atomic E-state index is 11.2. The Bertz CT molecular complexity index is 276. The van der Waals surface area contributed by atoms with Crippen molar-refractivity contribution in [3.8, 4) is 6.19 Å². The highest BCUT2D eigenvalue weighted by Crippen LogP contribution is 2.00. The molecule has 0 aliphatic carbocycles. The van der Waals surface area contributed by atoms with Crippen molar-refractivity contribution in [3.63, 3.8) is 0 Å². The van der Waals surface area contributed by atoms with Gasteiger partial charge in [-0.05, 0) is 0 Å². The Morgan fingerprint density at radius 2 is 2.21 bits per heavy atom. The average Bonchev–Trinajstić information content (AvgIpc) is 2.26. The van der Waals surface area contributed by atoms with Crippen LogP contribution in [0, 0.1) is 11.5 Å². The normalized spacial score (nSPS) is 17.4. The van der Waals surface area contributed by atoms with Gasteiger partial charge in [0.25, 0.3) is 0 Å². The number of hydrogen-bond acceptors (Lipinski definition) is 5. The van der Waals surface area contributed by atoms with Gasteiger partial charge in [-0.25, -0.2) is 4.79 Å². The van der Waals surface area contributed by atoms with Crippen LogP contribution in [-0.2, 0) is 14.3 Å². The fourth-order valence-electron chi connectivity index (χ4n) is 1.16. The number of esters is 1. The summed E-state index contributed by atoms with van der Waals surface area (Å²) in [5.41, 5.74) is 0. The molecule has 76 valence electrons. The number of methoxy groups -OCH3 is 1. The second-order valence-electron chi connectivity index (χ2n) is 2.63. The first-order valence-electron chi connectivity index (χ1n) is 4.17. The van der Waals surface area contributed by atoms with Crippen LogP contribution >= 0.6 is 0 Å². The number of hydrogen-bond donors (Lipinski definition) is 0. The molecule has 0 atom stereocenters. The van der Waals surface area contributed by atoms with Gasteiger partial charge in [-0.3, -0.25) is 0 Å². The maximum Gasteiger partial charge on any atom is 0.374 e. The smallest absolute Gasteiger partial charge is 0.374 e. The molecule has 6 nitrogen and oxygen atoms in total. The molecule has 0 amide bonds. The molecule has 0 aromatic heterocycles. The SMILES string of the molecule is COC(=O)C(=NC#N)N1CCOCC1. The molecule has 0 radical (unpaired) electrons. The molecule has 0 saturated carbocycles. The van der Waals surface area contributed by atoms with Crippen molar-refractivity contribution in [2.24, 2.45) is 4.99 Å². The summed E-state index contributed by atoms with van der Waals surface area (Å²) in [6.07, 6.45) is 1.58. The molecule has 0 N–H and O–H groups in total. The number of nitriles is 1. The topological polar surface area (TPSA) is 74.9 Å². The fraction of sp³-hybridized carbons (Fsp3) is 0.625. The summed E-state index contributed by atoms with van der Waals surface area (Å²) >= 11 is 0. The van der Waals surface area contributed by atoms with Gasteiger partial charge in [-0.1, -0.05) is 0 Å². The molecule has 6 heteroatoms. The van der Waals surface area contributed by atoms with Crippen LogP contribution in [0.3, 0.4) is 0 Å². The second kappa shape index (κ2) is 5.19. The van der Waals surface area contributed by atoms with Crippen molar-refractivity contribution in [2.75, 3.05) is 33.4 Å². The van der Waals surface area contributed by atoms with Crippen molar-refractivity contribution >= 4 is 11.8 Å². The third-order valence-electron chi connectivity index (χ3n) is 1.83. The lowest BCUT2D eigenvalue weighted by Gasteiger charge is -2.27. The Balaban J connectivity index is 2.72. The van der Waals surface area contributed by atoms with Crippen LogP contribution in [0.25, 0.3) is 0 Å². The van der Waals surface area contributed by atoms with E-state index >= 15 is 0 Å². The molecule has 1 aliphatic heterocycles. The molecule has 0 aromatic carbocycles. The first-order valence-corrected chi connectivity index (χ1v) is 4.17. The summed E-state index contributed by atoms with van der Waals surface area (Å²) in [5.74, 6) is -0.535. The zero-order chi connectivity index (χ0) is 10.4. The first kappa shape index (κ1) is 10.5. The monoisotopic (exact) mass is 197 g/mol. The highest BCUT2D eigenvalue weighted by molar-refractivity contribution is 6.35. The summed E-state index contributed by atoms with van der Waals surface area (Å²) in [6.45, 7) is 2.16. The Labute approximate surface area is 81.7 Å². The molecular formula is C8H11N3O3. The molecule has 1 fully saturated rings. The van der Waals surface area contributed by atoms with Crippen LogP contribution in [0.4, 0.5) is 0 Å². The lowest BCUT2D eigenvalue weighted by molar-refractivity contribution is -0.133. The maximum atomic E-state index is 11.2. The number of morpholine rings is 1.